The average molecular weight is 296 g/mol. The lowest BCUT2D eigenvalue weighted by Crippen LogP contribution is -2.46. The van der Waals surface area contributed by atoms with Gasteiger partial charge < -0.3 is 9.47 Å². The molecule has 1 aliphatic heterocycles. The predicted molar refractivity (Wildman–Crippen MR) is 82.7 cm³/mol. The maximum absolute atomic E-state index is 12.6. The number of carbonyl (C=O) groups excluding carboxylic acids is 1. The standard InChI is InChI=1S/C14H24N4OS/c1-5-12-13-11(15-9-16(13)6-2)7-8-17(12)14(19)18(20)10(3)4/h9-10,12,20H,5-8H2,1-4H3. The van der Waals surface area contributed by atoms with E-state index in [1.807, 2.05) is 25.1 Å². The molecule has 0 bridgehead atoms. The number of carbonyl (C=O) groups is 1. The molecule has 0 aromatic carbocycles. The van der Waals surface area contributed by atoms with Crippen molar-refractivity contribution in [2.75, 3.05) is 6.54 Å². The molecule has 0 spiro atoms. The molecule has 2 amide bonds. The molecule has 1 aromatic rings. The average Bonchev–Trinajstić information content (AvgIpc) is 2.87. The van der Waals surface area contributed by atoms with E-state index in [2.05, 4.69) is 36.2 Å². The minimum atomic E-state index is -0.00955. The summed E-state index contributed by atoms with van der Waals surface area (Å²) in [5.41, 5.74) is 2.33. The van der Waals surface area contributed by atoms with E-state index >= 15 is 0 Å². The van der Waals surface area contributed by atoms with Gasteiger partial charge in [0.15, 0.2) is 0 Å². The topological polar surface area (TPSA) is 41.4 Å². The van der Waals surface area contributed by atoms with Gasteiger partial charge in [-0.25, -0.2) is 9.78 Å². The SMILES string of the molecule is CCC1c2c(ncn2CC)CCN1C(=O)N(S)C(C)C. The van der Waals surface area contributed by atoms with Gasteiger partial charge >= 0.3 is 6.03 Å². The zero-order valence-corrected chi connectivity index (χ0v) is 13.6. The van der Waals surface area contributed by atoms with Crippen molar-refractivity contribution < 1.29 is 4.79 Å². The molecular weight excluding hydrogens is 272 g/mol. The zero-order valence-electron chi connectivity index (χ0n) is 12.7. The third-order valence-electron chi connectivity index (χ3n) is 3.90. The second kappa shape index (κ2) is 6.08. The summed E-state index contributed by atoms with van der Waals surface area (Å²) in [6, 6.07) is 0.174. The summed E-state index contributed by atoms with van der Waals surface area (Å²) in [5, 5.41) is 0. The first-order valence-electron chi connectivity index (χ1n) is 7.33. The van der Waals surface area contributed by atoms with Crippen molar-refractivity contribution in [3.05, 3.63) is 17.7 Å². The third-order valence-corrected chi connectivity index (χ3v) is 4.53. The van der Waals surface area contributed by atoms with E-state index in [0.29, 0.717) is 0 Å². The van der Waals surface area contributed by atoms with E-state index in [0.717, 1.165) is 31.6 Å². The zero-order chi connectivity index (χ0) is 14.9. The maximum Gasteiger partial charge on any atom is 0.330 e. The van der Waals surface area contributed by atoms with Crippen LogP contribution in [0.4, 0.5) is 4.79 Å². The van der Waals surface area contributed by atoms with Crippen LogP contribution in [0, 0.1) is 0 Å². The summed E-state index contributed by atoms with van der Waals surface area (Å²) in [5.74, 6) is 0. The van der Waals surface area contributed by atoms with E-state index in [9.17, 15) is 4.79 Å². The van der Waals surface area contributed by atoms with Crippen molar-refractivity contribution >= 4 is 18.8 Å². The number of imidazole rings is 1. The highest BCUT2D eigenvalue weighted by Gasteiger charge is 2.34. The van der Waals surface area contributed by atoms with E-state index in [1.165, 1.54) is 10.00 Å². The minimum Gasteiger partial charge on any atom is -0.333 e. The minimum absolute atomic E-state index is 0.00955. The van der Waals surface area contributed by atoms with Crippen LogP contribution in [0.5, 0.6) is 0 Å². The molecule has 0 radical (unpaired) electrons. The fraction of sp³-hybridized carbons (Fsp3) is 0.714. The summed E-state index contributed by atoms with van der Waals surface area (Å²) >= 11 is 4.33. The predicted octanol–water partition coefficient (Wildman–Crippen LogP) is 2.89. The van der Waals surface area contributed by atoms with Gasteiger partial charge in [0.1, 0.15) is 0 Å². The van der Waals surface area contributed by atoms with E-state index in [-0.39, 0.29) is 18.1 Å². The maximum atomic E-state index is 12.6. The van der Waals surface area contributed by atoms with Gasteiger partial charge in [-0.3, -0.25) is 4.31 Å². The van der Waals surface area contributed by atoms with Crippen molar-refractivity contribution in [3.8, 4) is 0 Å². The van der Waals surface area contributed by atoms with Crippen LogP contribution in [0.25, 0.3) is 0 Å². The van der Waals surface area contributed by atoms with Crippen LogP contribution >= 0.6 is 12.8 Å². The molecule has 2 heterocycles. The molecular formula is C14H24N4OS. The van der Waals surface area contributed by atoms with Crippen LogP contribution in [0.1, 0.15) is 51.5 Å². The van der Waals surface area contributed by atoms with Gasteiger partial charge in [0.25, 0.3) is 0 Å². The molecule has 6 heteroatoms. The van der Waals surface area contributed by atoms with E-state index < -0.39 is 0 Å². The van der Waals surface area contributed by atoms with Gasteiger partial charge in [0, 0.05) is 25.6 Å². The van der Waals surface area contributed by atoms with Gasteiger partial charge in [-0.2, -0.15) is 0 Å². The molecule has 1 unspecified atom stereocenters. The number of aryl methyl sites for hydroxylation is 1. The van der Waals surface area contributed by atoms with Crippen LogP contribution in [0.15, 0.2) is 6.33 Å². The fourth-order valence-corrected chi connectivity index (χ4v) is 2.90. The van der Waals surface area contributed by atoms with Gasteiger partial charge in [-0.05, 0) is 27.2 Å². The van der Waals surface area contributed by atoms with Gasteiger partial charge in [0.05, 0.1) is 23.8 Å². The number of hydrogen-bond acceptors (Lipinski definition) is 3. The Labute approximate surface area is 126 Å². The Morgan fingerprint density at radius 3 is 2.80 bits per heavy atom. The Morgan fingerprint density at radius 2 is 2.25 bits per heavy atom. The number of amides is 2. The summed E-state index contributed by atoms with van der Waals surface area (Å²) in [6.07, 6.45) is 3.61. The van der Waals surface area contributed by atoms with Crippen molar-refractivity contribution in [2.45, 2.75) is 59.2 Å². The van der Waals surface area contributed by atoms with Crippen LogP contribution < -0.4 is 0 Å². The molecule has 0 aliphatic carbocycles. The molecule has 1 aromatic heterocycles. The monoisotopic (exact) mass is 296 g/mol. The number of rotatable bonds is 3. The summed E-state index contributed by atoms with van der Waals surface area (Å²) < 4.78 is 3.67. The van der Waals surface area contributed by atoms with Crippen LogP contribution in [-0.2, 0) is 13.0 Å². The smallest absolute Gasteiger partial charge is 0.330 e. The first-order chi connectivity index (χ1) is 9.51. The quantitative estimate of drug-likeness (QED) is 0.871. The number of hydrogen-bond donors (Lipinski definition) is 1. The molecule has 0 N–H and O–H groups in total. The highest BCUT2D eigenvalue weighted by atomic mass is 32.1. The molecule has 0 saturated heterocycles. The van der Waals surface area contributed by atoms with E-state index in [1.54, 1.807) is 0 Å². The van der Waals surface area contributed by atoms with Crippen LogP contribution in [-0.4, -0.2) is 37.4 Å². The Bertz CT molecular complexity index is 472. The number of thiol groups is 1. The summed E-state index contributed by atoms with van der Waals surface area (Å²) in [4.78, 5) is 19.0. The Hall–Kier alpha value is -1.17. The molecule has 1 aliphatic rings. The number of aromatic nitrogens is 2. The fourth-order valence-electron chi connectivity index (χ4n) is 2.79. The van der Waals surface area contributed by atoms with E-state index in [4.69, 9.17) is 0 Å². The lowest BCUT2D eigenvalue weighted by molar-refractivity contribution is 0.143. The first kappa shape index (κ1) is 15.2. The molecule has 20 heavy (non-hydrogen) atoms. The Kier molecular flexibility index (Phi) is 4.62. The third kappa shape index (κ3) is 2.53. The second-order valence-corrected chi connectivity index (χ2v) is 5.88. The van der Waals surface area contributed by atoms with Crippen LogP contribution in [0.3, 0.4) is 0 Å². The molecule has 112 valence electrons. The largest absolute Gasteiger partial charge is 0.333 e. The highest BCUT2D eigenvalue weighted by molar-refractivity contribution is 7.78. The van der Waals surface area contributed by atoms with Crippen LogP contribution in [0.2, 0.25) is 0 Å². The summed E-state index contributed by atoms with van der Waals surface area (Å²) in [6.45, 7) is 9.76. The Morgan fingerprint density at radius 1 is 1.55 bits per heavy atom. The van der Waals surface area contributed by atoms with Crippen molar-refractivity contribution in [1.82, 2.24) is 18.8 Å². The molecule has 2 rings (SSSR count). The first-order valence-corrected chi connectivity index (χ1v) is 7.73. The summed E-state index contributed by atoms with van der Waals surface area (Å²) in [7, 11) is 0. The van der Waals surface area contributed by atoms with Gasteiger partial charge in [-0.15, -0.1) is 0 Å². The number of nitrogens with zero attached hydrogens (tertiary/aromatic N) is 4. The molecule has 0 fully saturated rings. The lowest BCUT2D eigenvalue weighted by Gasteiger charge is -2.38. The second-order valence-electron chi connectivity index (χ2n) is 5.45. The van der Waals surface area contributed by atoms with Gasteiger partial charge in [-0.1, -0.05) is 19.7 Å². The van der Waals surface area contributed by atoms with Gasteiger partial charge in [0.2, 0.25) is 0 Å². The number of fused-ring (bicyclic) bond motifs is 1. The van der Waals surface area contributed by atoms with Crippen molar-refractivity contribution in [2.24, 2.45) is 0 Å². The number of urea groups is 1. The molecule has 0 saturated carbocycles. The highest BCUT2D eigenvalue weighted by Crippen LogP contribution is 2.33. The van der Waals surface area contributed by atoms with Crippen molar-refractivity contribution in [1.29, 1.82) is 0 Å². The normalized spacial score (nSPS) is 18.3. The Balaban J connectivity index is 2.31. The van der Waals surface area contributed by atoms with Crippen molar-refractivity contribution in [3.63, 3.8) is 0 Å². The molecule has 5 nitrogen and oxygen atoms in total. The molecule has 1 atom stereocenters. The lowest BCUT2D eigenvalue weighted by atomic mass is 10.0.